The summed E-state index contributed by atoms with van der Waals surface area (Å²) in [6.45, 7) is 2.74. The smallest absolute Gasteiger partial charge is 0.258 e. The van der Waals surface area contributed by atoms with Gasteiger partial charge in [0.1, 0.15) is 0 Å². The molecule has 0 atom stereocenters. The predicted molar refractivity (Wildman–Crippen MR) is 80.7 cm³/mol. The standard InChI is InChI=1S/C16H14BrNO/c1-11-13(6-4-7-14(11)17)16(19)18-10-9-12-5-2-3-8-15(12)18/h2-8H,9-10H2,1H3. The minimum Gasteiger partial charge on any atom is -0.308 e. The van der Waals surface area contributed by atoms with Crippen LogP contribution in [-0.2, 0) is 6.42 Å². The highest BCUT2D eigenvalue weighted by molar-refractivity contribution is 9.10. The summed E-state index contributed by atoms with van der Waals surface area (Å²) >= 11 is 3.48. The Morgan fingerprint density at radius 1 is 1.16 bits per heavy atom. The van der Waals surface area contributed by atoms with Gasteiger partial charge in [-0.1, -0.05) is 40.2 Å². The summed E-state index contributed by atoms with van der Waals surface area (Å²) in [5.74, 6) is 0.0868. The lowest BCUT2D eigenvalue weighted by molar-refractivity contribution is 0.0988. The first-order valence-corrected chi connectivity index (χ1v) is 7.12. The van der Waals surface area contributed by atoms with Gasteiger partial charge in [0.15, 0.2) is 0 Å². The summed E-state index contributed by atoms with van der Waals surface area (Å²) in [7, 11) is 0. The van der Waals surface area contributed by atoms with Crippen molar-refractivity contribution >= 4 is 27.5 Å². The number of para-hydroxylation sites is 1. The molecule has 3 heteroatoms. The number of fused-ring (bicyclic) bond motifs is 1. The zero-order valence-corrected chi connectivity index (χ0v) is 12.3. The maximum atomic E-state index is 12.7. The summed E-state index contributed by atoms with van der Waals surface area (Å²) in [4.78, 5) is 14.6. The van der Waals surface area contributed by atoms with Crippen LogP contribution < -0.4 is 4.90 Å². The minimum absolute atomic E-state index is 0.0868. The highest BCUT2D eigenvalue weighted by Gasteiger charge is 2.26. The number of rotatable bonds is 1. The molecule has 0 unspecified atom stereocenters. The molecule has 2 nitrogen and oxygen atoms in total. The van der Waals surface area contributed by atoms with Gasteiger partial charge in [-0.05, 0) is 42.7 Å². The summed E-state index contributed by atoms with van der Waals surface area (Å²) in [6.07, 6.45) is 0.939. The molecule has 0 aromatic heterocycles. The van der Waals surface area contributed by atoms with Crippen LogP contribution >= 0.6 is 15.9 Å². The molecule has 1 heterocycles. The lowest BCUT2D eigenvalue weighted by atomic mass is 10.1. The Labute approximate surface area is 121 Å². The summed E-state index contributed by atoms with van der Waals surface area (Å²) in [5, 5.41) is 0. The van der Waals surface area contributed by atoms with Crippen molar-refractivity contribution in [1.29, 1.82) is 0 Å². The normalized spacial score (nSPS) is 13.5. The molecule has 0 bridgehead atoms. The number of hydrogen-bond donors (Lipinski definition) is 0. The Balaban J connectivity index is 2.00. The fourth-order valence-electron chi connectivity index (χ4n) is 2.53. The molecule has 19 heavy (non-hydrogen) atoms. The fourth-order valence-corrected chi connectivity index (χ4v) is 2.90. The topological polar surface area (TPSA) is 20.3 Å². The van der Waals surface area contributed by atoms with Crippen molar-refractivity contribution in [2.24, 2.45) is 0 Å². The number of amides is 1. The first-order valence-electron chi connectivity index (χ1n) is 6.33. The van der Waals surface area contributed by atoms with Gasteiger partial charge in [0.05, 0.1) is 0 Å². The van der Waals surface area contributed by atoms with Crippen LogP contribution in [0.1, 0.15) is 21.5 Å². The van der Waals surface area contributed by atoms with E-state index >= 15 is 0 Å². The van der Waals surface area contributed by atoms with Crippen molar-refractivity contribution in [2.45, 2.75) is 13.3 Å². The van der Waals surface area contributed by atoms with E-state index in [0.29, 0.717) is 0 Å². The first kappa shape index (κ1) is 12.4. The van der Waals surface area contributed by atoms with Gasteiger partial charge in [-0.15, -0.1) is 0 Å². The van der Waals surface area contributed by atoms with Crippen LogP contribution in [0.4, 0.5) is 5.69 Å². The van der Waals surface area contributed by atoms with Crippen LogP contribution in [0.5, 0.6) is 0 Å². The van der Waals surface area contributed by atoms with E-state index in [-0.39, 0.29) is 5.91 Å². The fraction of sp³-hybridized carbons (Fsp3) is 0.188. The van der Waals surface area contributed by atoms with Crippen LogP contribution in [0.25, 0.3) is 0 Å². The number of benzene rings is 2. The van der Waals surface area contributed by atoms with E-state index < -0.39 is 0 Å². The predicted octanol–water partition coefficient (Wildman–Crippen LogP) is 3.96. The Morgan fingerprint density at radius 3 is 2.79 bits per heavy atom. The molecule has 2 aromatic rings. The van der Waals surface area contributed by atoms with E-state index in [9.17, 15) is 4.79 Å². The molecule has 96 valence electrons. The maximum Gasteiger partial charge on any atom is 0.258 e. The summed E-state index contributed by atoms with van der Waals surface area (Å²) in [6, 6.07) is 13.9. The SMILES string of the molecule is Cc1c(Br)cccc1C(=O)N1CCc2ccccc21. The number of carbonyl (C=O) groups is 1. The Kier molecular flexibility index (Phi) is 3.15. The molecule has 1 aliphatic rings. The Bertz CT molecular complexity index is 651. The zero-order valence-electron chi connectivity index (χ0n) is 10.7. The minimum atomic E-state index is 0.0868. The molecule has 0 saturated carbocycles. The molecule has 3 rings (SSSR count). The van der Waals surface area contributed by atoms with Crippen molar-refractivity contribution in [3.05, 3.63) is 63.6 Å². The third-order valence-electron chi connectivity index (χ3n) is 3.63. The van der Waals surface area contributed by atoms with Gasteiger partial charge in [-0.2, -0.15) is 0 Å². The van der Waals surface area contributed by atoms with Crippen LogP contribution in [-0.4, -0.2) is 12.5 Å². The lowest BCUT2D eigenvalue weighted by Gasteiger charge is -2.18. The summed E-state index contributed by atoms with van der Waals surface area (Å²) in [5.41, 5.74) is 4.07. The van der Waals surface area contributed by atoms with Crippen LogP contribution in [0.3, 0.4) is 0 Å². The van der Waals surface area contributed by atoms with Crippen molar-refractivity contribution in [3.63, 3.8) is 0 Å². The molecule has 1 aliphatic heterocycles. The number of carbonyl (C=O) groups excluding carboxylic acids is 1. The number of nitrogens with zero attached hydrogens (tertiary/aromatic N) is 1. The summed E-state index contributed by atoms with van der Waals surface area (Å²) < 4.78 is 0.978. The van der Waals surface area contributed by atoms with E-state index in [2.05, 4.69) is 22.0 Å². The lowest BCUT2D eigenvalue weighted by Crippen LogP contribution is -2.29. The average Bonchev–Trinajstić information content (AvgIpc) is 2.85. The Hall–Kier alpha value is -1.61. The Morgan fingerprint density at radius 2 is 1.95 bits per heavy atom. The highest BCUT2D eigenvalue weighted by atomic mass is 79.9. The molecule has 0 spiro atoms. The molecule has 0 radical (unpaired) electrons. The second-order valence-electron chi connectivity index (χ2n) is 4.75. The van der Waals surface area contributed by atoms with E-state index in [1.807, 2.05) is 48.2 Å². The first-order chi connectivity index (χ1) is 9.18. The van der Waals surface area contributed by atoms with Gasteiger partial charge in [0.25, 0.3) is 5.91 Å². The van der Waals surface area contributed by atoms with Gasteiger partial charge in [-0.3, -0.25) is 4.79 Å². The largest absolute Gasteiger partial charge is 0.308 e. The van der Waals surface area contributed by atoms with Crippen LogP contribution in [0, 0.1) is 6.92 Å². The second-order valence-corrected chi connectivity index (χ2v) is 5.60. The third-order valence-corrected chi connectivity index (χ3v) is 4.49. The molecule has 2 aromatic carbocycles. The zero-order chi connectivity index (χ0) is 13.4. The van der Waals surface area contributed by atoms with Crippen LogP contribution in [0.2, 0.25) is 0 Å². The molecule has 1 amide bonds. The molecular weight excluding hydrogens is 302 g/mol. The van der Waals surface area contributed by atoms with Gasteiger partial charge >= 0.3 is 0 Å². The monoisotopic (exact) mass is 315 g/mol. The third kappa shape index (κ3) is 2.08. The van der Waals surface area contributed by atoms with Crippen molar-refractivity contribution in [3.8, 4) is 0 Å². The molecule has 0 N–H and O–H groups in total. The molecule has 0 aliphatic carbocycles. The van der Waals surface area contributed by atoms with E-state index in [1.54, 1.807) is 0 Å². The van der Waals surface area contributed by atoms with Crippen molar-refractivity contribution < 1.29 is 4.79 Å². The number of halogens is 1. The number of anilines is 1. The van der Waals surface area contributed by atoms with Gasteiger partial charge in [-0.25, -0.2) is 0 Å². The van der Waals surface area contributed by atoms with E-state index in [1.165, 1.54) is 5.56 Å². The number of hydrogen-bond acceptors (Lipinski definition) is 1. The van der Waals surface area contributed by atoms with Crippen molar-refractivity contribution in [1.82, 2.24) is 0 Å². The van der Waals surface area contributed by atoms with Crippen molar-refractivity contribution in [2.75, 3.05) is 11.4 Å². The highest BCUT2D eigenvalue weighted by Crippen LogP contribution is 2.30. The van der Waals surface area contributed by atoms with Gasteiger partial charge in [0, 0.05) is 22.3 Å². The second kappa shape index (κ2) is 4.82. The molecule has 0 fully saturated rings. The van der Waals surface area contributed by atoms with Gasteiger partial charge < -0.3 is 4.90 Å². The quantitative estimate of drug-likeness (QED) is 0.780. The molecular formula is C16H14BrNO. The van der Waals surface area contributed by atoms with E-state index in [0.717, 1.165) is 34.3 Å². The van der Waals surface area contributed by atoms with E-state index in [4.69, 9.17) is 0 Å². The van der Waals surface area contributed by atoms with Crippen LogP contribution in [0.15, 0.2) is 46.9 Å². The maximum absolute atomic E-state index is 12.7. The average molecular weight is 316 g/mol. The molecule has 0 saturated heterocycles. The van der Waals surface area contributed by atoms with Gasteiger partial charge in [0.2, 0.25) is 0 Å².